The Bertz CT molecular complexity index is 888. The molecule has 0 radical (unpaired) electrons. The van der Waals surface area contributed by atoms with E-state index in [-0.39, 0.29) is 22.8 Å². The molecule has 1 heterocycles. The van der Waals surface area contributed by atoms with E-state index in [4.69, 9.17) is 4.74 Å². The Morgan fingerprint density at radius 3 is 2.30 bits per heavy atom. The zero-order valence-corrected chi connectivity index (χ0v) is 15.3. The van der Waals surface area contributed by atoms with Crippen molar-refractivity contribution in [1.29, 1.82) is 0 Å². The van der Waals surface area contributed by atoms with Crippen LogP contribution in [0.15, 0.2) is 24.3 Å². The highest BCUT2D eigenvalue weighted by Gasteiger charge is 2.27. The van der Waals surface area contributed by atoms with Crippen molar-refractivity contribution in [2.45, 2.75) is 40.4 Å². The number of hydrogen-bond donors (Lipinski definition) is 1. The maximum Gasteiger partial charge on any atom is 0.387 e. The minimum absolute atomic E-state index is 0.162. The molecule has 0 fully saturated rings. The minimum atomic E-state index is -3.10. The highest BCUT2D eigenvalue weighted by molar-refractivity contribution is 6.05. The van der Waals surface area contributed by atoms with Crippen molar-refractivity contribution in [3.8, 4) is 5.75 Å². The minimum Gasteiger partial charge on any atom is -0.450 e. The number of esters is 1. The summed E-state index contributed by atoms with van der Waals surface area (Å²) in [5.74, 6) is -2.05. The molecular weight excluding hydrogens is 360 g/mol. The third-order valence-corrected chi connectivity index (χ3v) is 4.01. The predicted molar refractivity (Wildman–Crippen MR) is 92.6 cm³/mol. The van der Waals surface area contributed by atoms with Gasteiger partial charge in [-0.1, -0.05) is 12.1 Å². The van der Waals surface area contributed by atoms with Crippen molar-refractivity contribution >= 4 is 17.5 Å². The number of halogens is 2. The third kappa shape index (κ3) is 4.39. The van der Waals surface area contributed by atoms with E-state index in [1.54, 1.807) is 13.8 Å². The maximum absolute atomic E-state index is 12.6. The molecule has 0 amide bonds. The van der Waals surface area contributed by atoms with Crippen molar-refractivity contribution in [3.63, 3.8) is 0 Å². The number of ether oxygens (including phenoxy) is 2. The lowest BCUT2D eigenvalue weighted by molar-refractivity contribution is -0.0505. The van der Waals surface area contributed by atoms with Crippen molar-refractivity contribution in [1.82, 2.24) is 4.98 Å². The van der Waals surface area contributed by atoms with E-state index in [0.29, 0.717) is 16.8 Å². The van der Waals surface area contributed by atoms with E-state index in [1.807, 2.05) is 0 Å². The molecule has 1 aromatic heterocycles. The zero-order chi connectivity index (χ0) is 20.3. The number of nitrogens with one attached hydrogen (secondary N) is 1. The molecule has 0 aliphatic heterocycles. The lowest BCUT2D eigenvalue weighted by Crippen LogP contribution is -2.25. The van der Waals surface area contributed by atoms with Crippen molar-refractivity contribution in [2.75, 3.05) is 0 Å². The Labute approximate surface area is 154 Å². The zero-order valence-electron chi connectivity index (χ0n) is 15.3. The topological polar surface area (TPSA) is 85.5 Å². The largest absolute Gasteiger partial charge is 0.450 e. The summed E-state index contributed by atoms with van der Waals surface area (Å²) >= 11 is 0. The Morgan fingerprint density at radius 2 is 1.74 bits per heavy atom. The normalized spacial score (nSPS) is 12.0. The molecule has 0 unspecified atom stereocenters. The molecule has 144 valence electrons. The first-order valence-electron chi connectivity index (χ1n) is 8.12. The van der Waals surface area contributed by atoms with E-state index in [1.165, 1.54) is 38.1 Å². The van der Waals surface area contributed by atoms with E-state index in [2.05, 4.69) is 9.72 Å². The van der Waals surface area contributed by atoms with Crippen LogP contribution in [0.2, 0.25) is 0 Å². The highest BCUT2D eigenvalue weighted by Crippen LogP contribution is 2.23. The quantitative estimate of drug-likeness (QED) is 0.583. The van der Waals surface area contributed by atoms with Gasteiger partial charge in [-0.2, -0.15) is 8.78 Å². The van der Waals surface area contributed by atoms with Gasteiger partial charge in [-0.05, 0) is 45.4 Å². The van der Waals surface area contributed by atoms with Gasteiger partial charge in [0, 0.05) is 11.3 Å². The summed E-state index contributed by atoms with van der Waals surface area (Å²) in [6, 6.07) is 5.35. The summed E-state index contributed by atoms with van der Waals surface area (Å²) in [5, 5.41) is 0. The van der Waals surface area contributed by atoms with Crippen LogP contribution < -0.4 is 4.74 Å². The first-order chi connectivity index (χ1) is 12.6. The van der Waals surface area contributed by atoms with Crippen LogP contribution in [0.4, 0.5) is 8.78 Å². The van der Waals surface area contributed by atoms with Crippen LogP contribution in [0.5, 0.6) is 5.75 Å². The van der Waals surface area contributed by atoms with Gasteiger partial charge in [0.1, 0.15) is 11.3 Å². The number of aryl methyl sites for hydroxylation is 1. The lowest BCUT2D eigenvalue weighted by atomic mass is 10.0. The fourth-order valence-electron chi connectivity index (χ4n) is 2.84. The summed E-state index contributed by atoms with van der Waals surface area (Å²) in [6.07, 6.45) is -1.20. The van der Waals surface area contributed by atoms with E-state index >= 15 is 0 Å². The van der Waals surface area contributed by atoms with E-state index in [0.717, 1.165) is 0 Å². The van der Waals surface area contributed by atoms with Gasteiger partial charge in [0.25, 0.3) is 0 Å². The number of hydrogen-bond acceptors (Lipinski definition) is 5. The average molecular weight is 379 g/mol. The van der Waals surface area contributed by atoms with Crippen LogP contribution in [-0.4, -0.2) is 35.2 Å². The second-order valence-electron chi connectivity index (χ2n) is 5.97. The molecule has 0 bridgehead atoms. The number of Topliss-reactive ketones (excluding diaryl/α,β-unsaturated/α-hetero) is 2. The van der Waals surface area contributed by atoms with Crippen LogP contribution in [0.3, 0.4) is 0 Å². The standard InChI is InChI=1S/C19H19F2NO5/c1-9-15(11(3)23)10(2)22-16(9)17(24)12(4)26-18(25)13-7-5-6-8-14(13)27-19(20)21/h5-8,12,19,22H,1-4H3/t12-/m1/s1. The van der Waals surface area contributed by atoms with Crippen molar-refractivity contribution in [3.05, 3.63) is 52.3 Å². The Kier molecular flexibility index (Phi) is 6.09. The van der Waals surface area contributed by atoms with Crippen LogP contribution in [0, 0.1) is 13.8 Å². The number of para-hydroxylation sites is 1. The van der Waals surface area contributed by atoms with Gasteiger partial charge in [0.15, 0.2) is 11.9 Å². The molecule has 0 saturated heterocycles. The molecule has 2 aromatic rings. The number of benzene rings is 1. The second-order valence-corrected chi connectivity index (χ2v) is 5.97. The number of aromatic nitrogens is 1. The average Bonchev–Trinajstić information content (AvgIpc) is 2.88. The number of rotatable bonds is 7. The SMILES string of the molecule is CC(=O)c1c(C)[nH]c(C(=O)[C@@H](C)OC(=O)c2ccccc2OC(F)F)c1C. The monoisotopic (exact) mass is 379 g/mol. The maximum atomic E-state index is 12.6. The molecule has 0 spiro atoms. The van der Waals surface area contributed by atoms with Gasteiger partial charge in [0.05, 0.1) is 5.69 Å². The van der Waals surface area contributed by atoms with Gasteiger partial charge >= 0.3 is 12.6 Å². The number of carbonyl (C=O) groups excluding carboxylic acids is 3. The third-order valence-electron chi connectivity index (χ3n) is 4.01. The Morgan fingerprint density at radius 1 is 1.11 bits per heavy atom. The first kappa shape index (κ1) is 20.3. The molecule has 8 heteroatoms. The smallest absolute Gasteiger partial charge is 0.387 e. The van der Waals surface area contributed by atoms with Gasteiger partial charge in [-0.3, -0.25) is 9.59 Å². The number of aromatic amines is 1. The summed E-state index contributed by atoms with van der Waals surface area (Å²) < 4.78 is 34.3. The predicted octanol–water partition coefficient (Wildman–Crippen LogP) is 3.86. The number of H-pyrrole nitrogens is 1. The van der Waals surface area contributed by atoms with Crippen LogP contribution in [0.1, 0.15) is 56.3 Å². The Balaban J connectivity index is 2.22. The summed E-state index contributed by atoms with van der Waals surface area (Å²) in [7, 11) is 0. The number of alkyl halides is 2. The summed E-state index contributed by atoms with van der Waals surface area (Å²) in [5.41, 5.74) is 1.36. The molecule has 0 saturated carbocycles. The fourth-order valence-corrected chi connectivity index (χ4v) is 2.84. The van der Waals surface area contributed by atoms with Crippen LogP contribution in [-0.2, 0) is 4.74 Å². The summed E-state index contributed by atoms with van der Waals surface area (Å²) in [4.78, 5) is 39.4. The van der Waals surface area contributed by atoms with Gasteiger partial charge in [-0.15, -0.1) is 0 Å². The van der Waals surface area contributed by atoms with Crippen LogP contribution >= 0.6 is 0 Å². The van der Waals surface area contributed by atoms with Gasteiger partial charge < -0.3 is 14.5 Å². The van der Waals surface area contributed by atoms with E-state index in [9.17, 15) is 23.2 Å². The molecule has 0 aliphatic rings. The molecule has 1 aromatic carbocycles. The molecule has 1 atom stereocenters. The number of carbonyl (C=O) groups is 3. The first-order valence-corrected chi connectivity index (χ1v) is 8.12. The molecule has 0 aliphatic carbocycles. The van der Waals surface area contributed by atoms with Gasteiger partial charge in [-0.25, -0.2) is 4.79 Å². The van der Waals surface area contributed by atoms with Crippen molar-refractivity contribution < 1.29 is 32.6 Å². The van der Waals surface area contributed by atoms with Crippen molar-refractivity contribution in [2.24, 2.45) is 0 Å². The Hall–Kier alpha value is -3.03. The molecular formula is C19H19F2NO5. The second kappa shape index (κ2) is 8.11. The fraction of sp³-hybridized carbons (Fsp3) is 0.316. The molecule has 27 heavy (non-hydrogen) atoms. The van der Waals surface area contributed by atoms with Crippen LogP contribution in [0.25, 0.3) is 0 Å². The van der Waals surface area contributed by atoms with Gasteiger partial charge in [0.2, 0.25) is 5.78 Å². The van der Waals surface area contributed by atoms with E-state index < -0.39 is 24.5 Å². The lowest BCUT2D eigenvalue weighted by Gasteiger charge is -2.14. The molecule has 2 rings (SSSR count). The summed E-state index contributed by atoms with van der Waals surface area (Å²) in [6.45, 7) is 2.93. The molecule has 6 nitrogen and oxygen atoms in total. The molecule has 1 N–H and O–H groups in total. The number of ketones is 2. The highest BCUT2D eigenvalue weighted by atomic mass is 19.3.